The van der Waals surface area contributed by atoms with Crippen LogP contribution < -0.4 is 5.32 Å². The van der Waals surface area contributed by atoms with E-state index < -0.39 is 12.0 Å². The summed E-state index contributed by atoms with van der Waals surface area (Å²) < 4.78 is 0. The van der Waals surface area contributed by atoms with Gasteiger partial charge in [-0.3, -0.25) is 4.79 Å². The fourth-order valence-electron chi connectivity index (χ4n) is 1.97. The van der Waals surface area contributed by atoms with Gasteiger partial charge < -0.3 is 10.4 Å². The molecule has 2 rings (SSSR count). The van der Waals surface area contributed by atoms with E-state index in [-0.39, 0.29) is 18.2 Å². The number of hydrogen-bond acceptors (Lipinski definition) is 3. The predicted molar refractivity (Wildman–Crippen MR) is 72.9 cm³/mol. The molecule has 0 saturated carbocycles. The molecule has 0 aromatic heterocycles. The van der Waals surface area contributed by atoms with Crippen LogP contribution in [0, 0.1) is 12.3 Å². The molecule has 0 aliphatic carbocycles. The van der Waals surface area contributed by atoms with Gasteiger partial charge in [0.05, 0.1) is 5.92 Å². The largest absolute Gasteiger partial charge is 0.480 e. The molecule has 2 atom stereocenters. The van der Waals surface area contributed by atoms with Gasteiger partial charge in [0.1, 0.15) is 6.04 Å². The molecule has 1 aromatic carbocycles. The van der Waals surface area contributed by atoms with Crippen LogP contribution in [0.3, 0.4) is 0 Å². The number of carboxylic acid groups (broad SMARTS) is 1. The van der Waals surface area contributed by atoms with E-state index in [1.807, 2.05) is 24.3 Å². The number of carbonyl (C=O) groups excluding carboxylic acids is 1. The molecule has 1 aliphatic rings. The van der Waals surface area contributed by atoms with Crippen LogP contribution in [-0.2, 0) is 9.59 Å². The van der Waals surface area contributed by atoms with E-state index in [0.29, 0.717) is 5.75 Å². The molecular weight excluding hydrogens is 262 g/mol. The van der Waals surface area contributed by atoms with Crippen molar-refractivity contribution < 1.29 is 14.7 Å². The van der Waals surface area contributed by atoms with Gasteiger partial charge in [-0.2, -0.15) is 0 Å². The Morgan fingerprint density at radius 2 is 2.26 bits per heavy atom. The van der Waals surface area contributed by atoms with Crippen LogP contribution in [0.15, 0.2) is 29.2 Å². The highest BCUT2D eigenvalue weighted by Gasteiger charge is 2.31. The number of rotatable bonds is 4. The number of terminal acetylenes is 1. The Balaban J connectivity index is 2.10. The number of thioether (sulfide) groups is 1. The summed E-state index contributed by atoms with van der Waals surface area (Å²) in [6.45, 7) is 0. The summed E-state index contributed by atoms with van der Waals surface area (Å²) in [6.07, 6.45) is 5.09. The Kier molecular flexibility index (Phi) is 4.13. The lowest BCUT2D eigenvalue weighted by molar-refractivity contribution is -0.141. The number of carboxylic acids is 1. The maximum absolute atomic E-state index is 12.1. The van der Waals surface area contributed by atoms with Gasteiger partial charge in [0.15, 0.2) is 0 Å². The quantitative estimate of drug-likeness (QED) is 0.817. The van der Waals surface area contributed by atoms with Crippen molar-refractivity contribution in [3.63, 3.8) is 0 Å². The molecule has 2 N–H and O–H groups in total. The minimum absolute atomic E-state index is 0.0113. The van der Waals surface area contributed by atoms with Crippen molar-refractivity contribution in [2.45, 2.75) is 23.3 Å². The van der Waals surface area contributed by atoms with E-state index in [2.05, 4.69) is 11.2 Å². The van der Waals surface area contributed by atoms with Crippen LogP contribution in [0.4, 0.5) is 0 Å². The minimum atomic E-state index is -1.11. The van der Waals surface area contributed by atoms with Crippen molar-refractivity contribution in [3.8, 4) is 12.3 Å². The number of hydrogen-bond donors (Lipinski definition) is 2. The van der Waals surface area contributed by atoms with Gasteiger partial charge in [-0.05, 0) is 11.6 Å². The molecule has 5 heteroatoms. The Hall–Kier alpha value is -1.93. The average molecular weight is 275 g/mol. The highest BCUT2D eigenvalue weighted by molar-refractivity contribution is 7.99. The van der Waals surface area contributed by atoms with Crippen molar-refractivity contribution in [1.82, 2.24) is 5.32 Å². The molecule has 0 saturated heterocycles. The molecule has 4 nitrogen and oxygen atoms in total. The summed E-state index contributed by atoms with van der Waals surface area (Å²) in [5.41, 5.74) is 0.954. The van der Waals surface area contributed by atoms with E-state index in [4.69, 9.17) is 11.5 Å². The molecule has 1 heterocycles. The summed E-state index contributed by atoms with van der Waals surface area (Å²) >= 11 is 1.60. The molecule has 0 spiro atoms. The summed E-state index contributed by atoms with van der Waals surface area (Å²) in [5, 5.41) is 11.5. The van der Waals surface area contributed by atoms with Crippen molar-refractivity contribution in [1.29, 1.82) is 0 Å². The second-order valence-corrected chi connectivity index (χ2v) is 5.27. The molecule has 0 radical (unpaired) electrons. The third-order valence-electron chi connectivity index (χ3n) is 2.95. The van der Waals surface area contributed by atoms with Crippen LogP contribution in [0.1, 0.15) is 17.9 Å². The zero-order chi connectivity index (χ0) is 13.8. The number of carbonyl (C=O) groups is 2. The number of aliphatic carboxylic acids is 1. The highest BCUT2D eigenvalue weighted by Crippen LogP contribution is 2.39. The molecule has 98 valence electrons. The molecule has 0 bridgehead atoms. The minimum Gasteiger partial charge on any atom is -0.480 e. The molecule has 19 heavy (non-hydrogen) atoms. The van der Waals surface area contributed by atoms with Gasteiger partial charge >= 0.3 is 5.97 Å². The van der Waals surface area contributed by atoms with Gasteiger partial charge in [-0.1, -0.05) is 18.2 Å². The number of nitrogens with one attached hydrogen (secondary N) is 1. The highest BCUT2D eigenvalue weighted by atomic mass is 32.2. The summed E-state index contributed by atoms with van der Waals surface area (Å²) in [6, 6.07) is 6.64. The summed E-state index contributed by atoms with van der Waals surface area (Å²) in [5.74, 6) is 1.21. The lowest BCUT2D eigenvalue weighted by Crippen LogP contribution is -2.42. The molecular formula is C14H13NO3S. The lowest BCUT2D eigenvalue weighted by atomic mass is 10.00. The SMILES string of the molecule is C#CCC(NC(=O)C1CSc2ccccc21)C(=O)O. The van der Waals surface area contributed by atoms with Crippen molar-refractivity contribution >= 4 is 23.6 Å². The van der Waals surface area contributed by atoms with Crippen LogP contribution in [-0.4, -0.2) is 28.8 Å². The van der Waals surface area contributed by atoms with Gasteiger partial charge in [0.2, 0.25) is 5.91 Å². The standard InChI is InChI=1S/C14H13NO3S/c1-2-5-11(14(17)18)15-13(16)10-8-19-12-7-4-3-6-9(10)12/h1,3-4,6-7,10-11H,5,8H2,(H,15,16)(H,17,18). The molecule has 1 aliphatic heterocycles. The molecule has 1 amide bonds. The fourth-order valence-corrected chi connectivity index (χ4v) is 3.20. The Morgan fingerprint density at radius 3 is 2.95 bits per heavy atom. The van der Waals surface area contributed by atoms with E-state index in [0.717, 1.165) is 10.5 Å². The Labute approximate surface area is 115 Å². The van der Waals surface area contributed by atoms with Crippen LogP contribution in [0.25, 0.3) is 0 Å². The van der Waals surface area contributed by atoms with Gasteiger partial charge in [-0.15, -0.1) is 24.1 Å². The predicted octanol–water partition coefficient (Wildman–Crippen LogP) is 1.47. The summed E-state index contributed by atoms with van der Waals surface area (Å²) in [4.78, 5) is 24.2. The Bertz CT molecular complexity index is 550. The van der Waals surface area contributed by atoms with E-state index >= 15 is 0 Å². The first-order valence-corrected chi connectivity index (χ1v) is 6.80. The van der Waals surface area contributed by atoms with Crippen LogP contribution in [0.5, 0.6) is 0 Å². The molecule has 1 aromatic rings. The van der Waals surface area contributed by atoms with Crippen LogP contribution >= 0.6 is 11.8 Å². The van der Waals surface area contributed by atoms with Crippen molar-refractivity contribution in [2.24, 2.45) is 0 Å². The second-order valence-electron chi connectivity index (χ2n) is 4.21. The fraction of sp³-hybridized carbons (Fsp3) is 0.286. The topological polar surface area (TPSA) is 66.4 Å². The van der Waals surface area contributed by atoms with Crippen LogP contribution in [0.2, 0.25) is 0 Å². The third-order valence-corrected chi connectivity index (χ3v) is 4.14. The van der Waals surface area contributed by atoms with E-state index in [1.165, 1.54) is 0 Å². The number of amides is 1. The van der Waals surface area contributed by atoms with Gasteiger partial charge in [0, 0.05) is 17.1 Å². The maximum atomic E-state index is 12.1. The monoisotopic (exact) mass is 275 g/mol. The molecule has 0 fully saturated rings. The van der Waals surface area contributed by atoms with Crippen molar-refractivity contribution in [3.05, 3.63) is 29.8 Å². The number of benzene rings is 1. The van der Waals surface area contributed by atoms with Crippen molar-refractivity contribution in [2.75, 3.05) is 5.75 Å². The first-order valence-electron chi connectivity index (χ1n) is 5.82. The smallest absolute Gasteiger partial charge is 0.327 e. The normalized spacial score (nSPS) is 18.2. The first kappa shape index (κ1) is 13.5. The lowest BCUT2D eigenvalue weighted by Gasteiger charge is -2.15. The van der Waals surface area contributed by atoms with E-state index in [1.54, 1.807) is 11.8 Å². The third kappa shape index (κ3) is 2.91. The first-order chi connectivity index (χ1) is 9.13. The average Bonchev–Trinajstić information content (AvgIpc) is 2.81. The van der Waals surface area contributed by atoms with E-state index in [9.17, 15) is 9.59 Å². The zero-order valence-electron chi connectivity index (χ0n) is 10.1. The Morgan fingerprint density at radius 1 is 1.53 bits per heavy atom. The van der Waals surface area contributed by atoms with Gasteiger partial charge in [-0.25, -0.2) is 4.79 Å². The summed E-state index contributed by atoms with van der Waals surface area (Å²) in [7, 11) is 0. The second kappa shape index (κ2) is 5.81. The number of fused-ring (bicyclic) bond motifs is 1. The van der Waals surface area contributed by atoms with Gasteiger partial charge in [0.25, 0.3) is 0 Å². The maximum Gasteiger partial charge on any atom is 0.327 e. The molecule has 2 unspecified atom stereocenters. The zero-order valence-corrected chi connectivity index (χ0v) is 10.9.